The zero-order valence-electron chi connectivity index (χ0n) is 27.9. The van der Waals surface area contributed by atoms with E-state index in [0.717, 1.165) is 28.1 Å². The molecule has 2 nitrogen and oxygen atoms in total. The Bertz CT molecular complexity index is 2820. The fraction of sp³-hybridized carbons (Fsp3) is 0. The maximum Gasteiger partial charge on any atom is 0.292 e. The molecule has 0 atom stereocenters. The van der Waals surface area contributed by atoms with Gasteiger partial charge in [0.25, 0.3) is 5.82 Å². The summed E-state index contributed by atoms with van der Waals surface area (Å²) in [5, 5.41) is 7.54. The molecular formula is C49H33N2+. The van der Waals surface area contributed by atoms with Crippen LogP contribution >= 0.6 is 0 Å². The number of rotatable bonds is 5. The SMILES string of the molecule is c1ccc(-c2[nH]c3ccccc3[n+]2-c2ccc(-c3c4ccccc4c(-c4ccc(-c5ccc6ccccc6c5)cc4)c4ccccc34)cc2)cc1. The number of aromatic amines is 1. The van der Waals surface area contributed by atoms with E-state index >= 15 is 0 Å². The van der Waals surface area contributed by atoms with Crippen LogP contribution in [0.5, 0.6) is 0 Å². The lowest BCUT2D eigenvalue weighted by molar-refractivity contribution is -0.554. The quantitative estimate of drug-likeness (QED) is 0.141. The van der Waals surface area contributed by atoms with E-state index in [2.05, 4.69) is 204 Å². The number of fused-ring (bicyclic) bond motifs is 4. The number of hydrogen-bond donors (Lipinski definition) is 1. The van der Waals surface area contributed by atoms with Gasteiger partial charge in [-0.3, -0.25) is 0 Å². The standard InChI is InChI=1S/C49H32N2/c1-2-13-37(14-3-1)49-50-45-20-10-11-21-46(45)51(49)40-30-28-36(29-31-40)48-43-18-8-6-16-41(43)47(42-17-7-9-19-44(42)48)35-25-22-34(23-26-35)39-27-24-33-12-4-5-15-38(33)32-39/h1-32H/p+1. The lowest BCUT2D eigenvalue weighted by atomic mass is 9.85. The van der Waals surface area contributed by atoms with Crippen LogP contribution < -0.4 is 4.57 Å². The molecular weight excluding hydrogens is 617 g/mol. The van der Waals surface area contributed by atoms with Crippen molar-refractivity contribution in [2.24, 2.45) is 0 Å². The van der Waals surface area contributed by atoms with E-state index in [1.807, 2.05) is 0 Å². The van der Waals surface area contributed by atoms with Crippen molar-refractivity contribution in [3.05, 3.63) is 194 Å². The highest BCUT2D eigenvalue weighted by Gasteiger charge is 2.22. The van der Waals surface area contributed by atoms with Gasteiger partial charge in [0.2, 0.25) is 0 Å². The van der Waals surface area contributed by atoms with Crippen molar-refractivity contribution in [1.82, 2.24) is 4.98 Å². The van der Waals surface area contributed by atoms with Crippen LogP contribution in [0.25, 0.3) is 93.8 Å². The van der Waals surface area contributed by atoms with Gasteiger partial charge in [0.05, 0.1) is 5.56 Å². The molecule has 1 heterocycles. The van der Waals surface area contributed by atoms with Crippen molar-refractivity contribution in [1.29, 1.82) is 0 Å². The van der Waals surface area contributed by atoms with Gasteiger partial charge in [0.1, 0.15) is 5.69 Å². The van der Waals surface area contributed by atoms with Crippen molar-refractivity contribution >= 4 is 43.4 Å². The van der Waals surface area contributed by atoms with Gasteiger partial charge < -0.3 is 0 Å². The molecule has 238 valence electrons. The van der Waals surface area contributed by atoms with Crippen molar-refractivity contribution < 1.29 is 4.57 Å². The van der Waals surface area contributed by atoms with Gasteiger partial charge in [-0.2, -0.15) is 4.57 Å². The first-order valence-electron chi connectivity index (χ1n) is 17.5. The zero-order chi connectivity index (χ0) is 33.7. The Kier molecular flexibility index (Phi) is 6.85. The van der Waals surface area contributed by atoms with Crippen LogP contribution in [0, 0.1) is 0 Å². The number of imidazole rings is 1. The molecule has 0 amide bonds. The molecule has 2 heteroatoms. The highest BCUT2D eigenvalue weighted by Crippen LogP contribution is 2.44. The smallest absolute Gasteiger partial charge is 0.236 e. The van der Waals surface area contributed by atoms with Gasteiger partial charge in [-0.1, -0.05) is 152 Å². The summed E-state index contributed by atoms with van der Waals surface area (Å²) in [6.07, 6.45) is 0. The van der Waals surface area contributed by atoms with Gasteiger partial charge in [-0.25, -0.2) is 4.98 Å². The molecule has 0 spiro atoms. The number of aromatic nitrogens is 2. The number of H-pyrrole nitrogens is 1. The van der Waals surface area contributed by atoms with E-state index in [-0.39, 0.29) is 0 Å². The first-order chi connectivity index (χ1) is 25.3. The van der Waals surface area contributed by atoms with Crippen LogP contribution in [0.4, 0.5) is 0 Å². The van der Waals surface area contributed by atoms with Gasteiger partial charge in [-0.05, 0) is 108 Å². The first kappa shape index (κ1) is 29.2. The van der Waals surface area contributed by atoms with Crippen LogP contribution in [-0.4, -0.2) is 4.98 Å². The lowest BCUT2D eigenvalue weighted by Gasteiger charge is -2.18. The molecule has 0 aliphatic heterocycles. The second kappa shape index (κ2) is 12.0. The average Bonchev–Trinajstić information content (AvgIpc) is 3.60. The van der Waals surface area contributed by atoms with E-state index in [0.29, 0.717) is 0 Å². The fourth-order valence-electron chi connectivity index (χ4n) is 7.87. The molecule has 9 aromatic carbocycles. The van der Waals surface area contributed by atoms with E-state index < -0.39 is 0 Å². The highest BCUT2D eigenvalue weighted by atomic mass is 15.1. The Hall–Kier alpha value is -6.77. The number of nitrogens with zero attached hydrogens (tertiary/aromatic N) is 1. The van der Waals surface area contributed by atoms with E-state index in [4.69, 9.17) is 0 Å². The minimum Gasteiger partial charge on any atom is -0.236 e. The molecule has 0 bridgehead atoms. The van der Waals surface area contributed by atoms with Crippen molar-refractivity contribution in [2.45, 2.75) is 0 Å². The molecule has 1 N–H and O–H groups in total. The Morgan fingerprint density at radius 1 is 0.333 bits per heavy atom. The maximum absolute atomic E-state index is 3.68. The van der Waals surface area contributed by atoms with Crippen LogP contribution in [0.15, 0.2) is 194 Å². The van der Waals surface area contributed by atoms with Crippen LogP contribution in [0.1, 0.15) is 0 Å². The minimum atomic E-state index is 1.07. The van der Waals surface area contributed by atoms with Gasteiger partial charge in [-0.15, -0.1) is 0 Å². The van der Waals surface area contributed by atoms with E-state index in [1.165, 1.54) is 65.7 Å². The highest BCUT2D eigenvalue weighted by molar-refractivity contribution is 6.21. The molecule has 10 rings (SSSR count). The van der Waals surface area contributed by atoms with Crippen LogP contribution in [0.3, 0.4) is 0 Å². The molecule has 0 radical (unpaired) electrons. The summed E-state index contributed by atoms with van der Waals surface area (Å²) in [5.41, 5.74) is 11.9. The fourth-order valence-corrected chi connectivity index (χ4v) is 7.87. The molecule has 1 aromatic heterocycles. The Balaban J connectivity index is 1.11. The summed E-state index contributed by atoms with van der Waals surface area (Å²) in [7, 11) is 0. The largest absolute Gasteiger partial charge is 0.292 e. The van der Waals surface area contributed by atoms with Crippen molar-refractivity contribution in [2.75, 3.05) is 0 Å². The van der Waals surface area contributed by atoms with Gasteiger partial charge in [0, 0.05) is 0 Å². The second-order valence-corrected chi connectivity index (χ2v) is 13.2. The number of nitrogens with one attached hydrogen (secondary N) is 1. The molecule has 0 unspecified atom stereocenters. The summed E-state index contributed by atoms with van der Waals surface area (Å²) in [4.78, 5) is 3.68. The maximum atomic E-state index is 3.68. The van der Waals surface area contributed by atoms with Crippen LogP contribution in [0.2, 0.25) is 0 Å². The summed E-state index contributed by atoms with van der Waals surface area (Å²) >= 11 is 0. The molecule has 0 aliphatic carbocycles. The van der Waals surface area contributed by atoms with Gasteiger partial charge >= 0.3 is 0 Å². The predicted molar refractivity (Wildman–Crippen MR) is 214 cm³/mol. The molecule has 0 aliphatic rings. The van der Waals surface area contributed by atoms with Crippen LogP contribution in [-0.2, 0) is 0 Å². The Labute approximate surface area is 296 Å². The molecule has 0 saturated heterocycles. The molecule has 0 fully saturated rings. The number of benzene rings is 9. The van der Waals surface area contributed by atoms with Crippen molar-refractivity contribution in [3.8, 4) is 50.5 Å². The summed E-state index contributed by atoms with van der Waals surface area (Å²) < 4.78 is 2.33. The third-order valence-corrected chi connectivity index (χ3v) is 10.3. The Morgan fingerprint density at radius 2 is 0.824 bits per heavy atom. The van der Waals surface area contributed by atoms with E-state index in [9.17, 15) is 0 Å². The van der Waals surface area contributed by atoms with E-state index in [1.54, 1.807) is 0 Å². The average molecular weight is 650 g/mol. The molecule has 0 saturated carbocycles. The zero-order valence-corrected chi connectivity index (χ0v) is 27.9. The van der Waals surface area contributed by atoms with Crippen molar-refractivity contribution in [3.63, 3.8) is 0 Å². The Morgan fingerprint density at radius 3 is 1.47 bits per heavy atom. The normalized spacial score (nSPS) is 11.5. The topological polar surface area (TPSA) is 19.7 Å². The molecule has 51 heavy (non-hydrogen) atoms. The molecule has 10 aromatic rings. The second-order valence-electron chi connectivity index (χ2n) is 13.2. The first-order valence-corrected chi connectivity index (χ1v) is 17.5. The monoisotopic (exact) mass is 649 g/mol. The van der Waals surface area contributed by atoms with Gasteiger partial charge in [0.15, 0.2) is 11.0 Å². The lowest BCUT2D eigenvalue weighted by Crippen LogP contribution is -2.31. The predicted octanol–water partition coefficient (Wildman–Crippen LogP) is 12.6. The summed E-state index contributed by atoms with van der Waals surface area (Å²) in [6.45, 7) is 0. The summed E-state index contributed by atoms with van der Waals surface area (Å²) in [5.74, 6) is 1.07. The third-order valence-electron chi connectivity index (χ3n) is 10.3. The minimum absolute atomic E-state index is 1.07. The summed E-state index contributed by atoms with van der Waals surface area (Å²) in [6, 6.07) is 70.3. The number of para-hydroxylation sites is 2. The number of hydrogen-bond acceptors (Lipinski definition) is 0. The third kappa shape index (κ3) is 4.92.